The Morgan fingerprint density at radius 1 is 1.50 bits per heavy atom. The molecule has 0 heterocycles. The van der Waals surface area contributed by atoms with E-state index in [4.69, 9.17) is 0 Å². The van der Waals surface area contributed by atoms with Gasteiger partial charge in [0.1, 0.15) is 0 Å². The number of hydrogen-bond acceptors (Lipinski definition) is 1. The van der Waals surface area contributed by atoms with E-state index < -0.39 is 0 Å². The zero-order chi connectivity index (χ0) is 9.30. The molecule has 0 aromatic heterocycles. The van der Waals surface area contributed by atoms with Gasteiger partial charge in [-0.15, -0.1) is 0 Å². The van der Waals surface area contributed by atoms with Crippen molar-refractivity contribution in [1.82, 2.24) is 0 Å². The molecule has 2 heteroatoms. The van der Waals surface area contributed by atoms with Gasteiger partial charge in [0.25, 0.3) is 0 Å². The zero-order valence-corrected chi connectivity index (χ0v) is 9.44. The number of ketones is 1. The van der Waals surface area contributed by atoms with Crippen molar-refractivity contribution in [2.24, 2.45) is 5.92 Å². The van der Waals surface area contributed by atoms with Gasteiger partial charge in [0, 0.05) is 0 Å². The van der Waals surface area contributed by atoms with Gasteiger partial charge in [0.2, 0.25) is 0 Å². The van der Waals surface area contributed by atoms with Crippen molar-refractivity contribution in [2.45, 2.75) is 38.4 Å². The first-order valence-corrected chi connectivity index (χ1v) is 5.30. The largest absolute Gasteiger partial charge is 0.293 e. The summed E-state index contributed by atoms with van der Waals surface area (Å²) in [5.74, 6) is 0.786. The Hall–Kier alpha value is -0.110. The van der Waals surface area contributed by atoms with E-state index in [-0.39, 0.29) is 4.83 Å². The van der Waals surface area contributed by atoms with Crippen LogP contribution < -0.4 is 0 Å². The van der Waals surface area contributed by atoms with Crippen LogP contribution in [0.3, 0.4) is 0 Å². The molecule has 12 heavy (non-hydrogen) atoms. The van der Waals surface area contributed by atoms with Crippen LogP contribution in [0.5, 0.6) is 0 Å². The Bertz CT molecular complexity index is 226. The molecule has 0 aromatic rings. The van der Waals surface area contributed by atoms with Crippen LogP contribution in [-0.2, 0) is 4.79 Å². The van der Waals surface area contributed by atoms with Crippen LogP contribution in [0, 0.1) is 5.92 Å². The summed E-state index contributed by atoms with van der Waals surface area (Å²) >= 11 is 3.44. The molecule has 2 atom stereocenters. The molecule has 68 valence electrons. The fraction of sp³-hybridized carbons (Fsp3) is 0.700. The molecule has 0 aromatic carbocycles. The molecule has 1 rings (SSSR count). The number of rotatable bonds is 0. The van der Waals surface area contributed by atoms with Crippen LogP contribution in [-0.4, -0.2) is 10.6 Å². The Morgan fingerprint density at radius 2 is 2.08 bits per heavy atom. The monoisotopic (exact) mass is 230 g/mol. The van der Waals surface area contributed by atoms with Crippen molar-refractivity contribution >= 4 is 21.7 Å². The Labute approximate surface area is 82.4 Å². The summed E-state index contributed by atoms with van der Waals surface area (Å²) < 4.78 is 0. The molecule has 0 spiro atoms. The predicted octanol–water partition coefficient (Wildman–Crippen LogP) is 3.09. The van der Waals surface area contributed by atoms with Gasteiger partial charge in [0.15, 0.2) is 5.78 Å². The number of hydrogen-bond donors (Lipinski definition) is 0. The summed E-state index contributed by atoms with van der Waals surface area (Å²) in [5.41, 5.74) is 2.21. The molecule has 0 aliphatic heterocycles. The van der Waals surface area contributed by atoms with Crippen LogP contribution in [0.2, 0.25) is 0 Å². The van der Waals surface area contributed by atoms with E-state index in [1.807, 2.05) is 13.8 Å². The maximum atomic E-state index is 11.7. The topological polar surface area (TPSA) is 17.1 Å². The number of alkyl halides is 1. The summed E-state index contributed by atoms with van der Waals surface area (Å²) in [7, 11) is 0. The number of carbonyl (C=O) groups is 1. The molecular weight excluding hydrogens is 216 g/mol. The third-order valence-electron chi connectivity index (χ3n) is 2.50. The second-order valence-corrected chi connectivity index (χ2v) is 4.75. The van der Waals surface area contributed by atoms with Crippen LogP contribution in [0.1, 0.15) is 33.6 Å². The highest BCUT2D eigenvalue weighted by molar-refractivity contribution is 9.10. The minimum atomic E-state index is 0.0520. The second kappa shape index (κ2) is 3.73. The zero-order valence-electron chi connectivity index (χ0n) is 7.86. The van der Waals surface area contributed by atoms with E-state index in [0.717, 1.165) is 18.4 Å². The van der Waals surface area contributed by atoms with Crippen molar-refractivity contribution in [1.29, 1.82) is 0 Å². The SMILES string of the molecule is CC(C)=C1CC[C@@H](C)C(Br)C1=O. The van der Waals surface area contributed by atoms with Gasteiger partial charge in [-0.1, -0.05) is 28.4 Å². The first kappa shape index (κ1) is 9.97. The van der Waals surface area contributed by atoms with Crippen molar-refractivity contribution < 1.29 is 4.79 Å². The molecular formula is C10H15BrO. The number of carbonyl (C=O) groups excluding carboxylic acids is 1. The first-order valence-electron chi connectivity index (χ1n) is 4.38. The molecule has 1 unspecified atom stereocenters. The van der Waals surface area contributed by atoms with Gasteiger partial charge in [-0.3, -0.25) is 4.79 Å². The molecule has 1 aliphatic carbocycles. The molecule has 0 bridgehead atoms. The van der Waals surface area contributed by atoms with Crippen molar-refractivity contribution in [3.05, 3.63) is 11.1 Å². The van der Waals surface area contributed by atoms with E-state index in [2.05, 4.69) is 22.9 Å². The van der Waals surface area contributed by atoms with Crippen molar-refractivity contribution in [3.63, 3.8) is 0 Å². The third kappa shape index (κ3) is 1.79. The normalized spacial score (nSPS) is 30.7. The van der Waals surface area contributed by atoms with Gasteiger partial charge in [-0.05, 0) is 38.2 Å². The molecule has 0 saturated heterocycles. The predicted molar refractivity (Wildman–Crippen MR) is 54.5 cm³/mol. The van der Waals surface area contributed by atoms with Crippen LogP contribution in [0.15, 0.2) is 11.1 Å². The Morgan fingerprint density at radius 3 is 2.58 bits per heavy atom. The molecule has 0 amide bonds. The highest BCUT2D eigenvalue weighted by atomic mass is 79.9. The smallest absolute Gasteiger partial charge is 0.172 e. The van der Waals surface area contributed by atoms with Crippen LogP contribution >= 0.6 is 15.9 Å². The lowest BCUT2D eigenvalue weighted by Crippen LogP contribution is -2.29. The summed E-state index contributed by atoms with van der Waals surface area (Å²) in [6.07, 6.45) is 2.09. The van der Waals surface area contributed by atoms with Crippen LogP contribution in [0.25, 0.3) is 0 Å². The summed E-state index contributed by atoms with van der Waals surface area (Å²) in [4.78, 5) is 11.7. The molecule has 0 N–H and O–H groups in total. The molecule has 0 radical (unpaired) electrons. The maximum Gasteiger partial charge on any atom is 0.172 e. The van der Waals surface area contributed by atoms with Gasteiger partial charge in [0.05, 0.1) is 4.83 Å². The first-order chi connectivity index (χ1) is 5.54. The molecule has 1 nitrogen and oxygen atoms in total. The van der Waals surface area contributed by atoms with Crippen LogP contribution in [0.4, 0.5) is 0 Å². The van der Waals surface area contributed by atoms with Crippen molar-refractivity contribution in [2.75, 3.05) is 0 Å². The lowest BCUT2D eigenvalue weighted by Gasteiger charge is -2.25. The Kier molecular flexibility index (Phi) is 3.10. The van der Waals surface area contributed by atoms with E-state index >= 15 is 0 Å². The molecule has 1 aliphatic rings. The minimum Gasteiger partial charge on any atom is -0.293 e. The highest BCUT2D eigenvalue weighted by Gasteiger charge is 2.30. The summed E-state index contributed by atoms with van der Waals surface area (Å²) in [5, 5.41) is 0. The number of Topliss-reactive ketones (excluding diaryl/α,β-unsaturated/α-hetero) is 1. The lowest BCUT2D eigenvalue weighted by atomic mass is 9.84. The van der Waals surface area contributed by atoms with E-state index in [9.17, 15) is 4.79 Å². The second-order valence-electron chi connectivity index (χ2n) is 3.76. The Balaban J connectivity index is 2.87. The van der Waals surface area contributed by atoms with E-state index in [1.54, 1.807) is 0 Å². The lowest BCUT2D eigenvalue weighted by molar-refractivity contribution is -0.116. The quantitative estimate of drug-likeness (QED) is 0.462. The highest BCUT2D eigenvalue weighted by Crippen LogP contribution is 2.31. The standard InChI is InChI=1S/C10H15BrO/c1-6(2)8-5-4-7(3)9(11)10(8)12/h7,9H,4-5H2,1-3H3/t7-,9?/m1/s1. The van der Waals surface area contributed by atoms with E-state index in [1.165, 1.54) is 5.57 Å². The van der Waals surface area contributed by atoms with Gasteiger partial charge in [-0.25, -0.2) is 0 Å². The van der Waals surface area contributed by atoms with Gasteiger partial charge in [-0.2, -0.15) is 0 Å². The number of allylic oxidation sites excluding steroid dienone is 2. The minimum absolute atomic E-state index is 0.0520. The van der Waals surface area contributed by atoms with Gasteiger partial charge < -0.3 is 0 Å². The summed E-state index contributed by atoms with van der Waals surface area (Å²) in [6.45, 7) is 6.16. The van der Waals surface area contributed by atoms with E-state index in [0.29, 0.717) is 11.7 Å². The van der Waals surface area contributed by atoms with Crippen molar-refractivity contribution in [3.8, 4) is 0 Å². The van der Waals surface area contributed by atoms with Gasteiger partial charge >= 0.3 is 0 Å². The average Bonchev–Trinajstić information content (AvgIpc) is 2.00. The molecule has 1 saturated carbocycles. The molecule has 1 fully saturated rings. The fourth-order valence-electron chi connectivity index (χ4n) is 1.56. The summed E-state index contributed by atoms with van der Waals surface area (Å²) in [6, 6.07) is 0. The average molecular weight is 231 g/mol. The fourth-order valence-corrected chi connectivity index (χ4v) is 2.10. The maximum absolute atomic E-state index is 11.7. The third-order valence-corrected chi connectivity index (χ3v) is 3.82. The number of halogens is 1.